The maximum atomic E-state index is 10.6. The summed E-state index contributed by atoms with van der Waals surface area (Å²) >= 11 is 0. The Balaban J connectivity index is 3.30. The number of likely N-dealkylation sites (N-methyl/N-ethyl adjacent to an activating group) is 1. The van der Waals surface area contributed by atoms with E-state index in [1.54, 1.807) is 7.05 Å². The molecule has 1 aliphatic rings. The molecule has 5 N–H and O–H groups in total. The van der Waals surface area contributed by atoms with Gasteiger partial charge in [0.05, 0.1) is 6.10 Å². The molecule has 0 spiro atoms. The molecule has 5 unspecified atom stereocenters. The summed E-state index contributed by atoms with van der Waals surface area (Å²) in [5.41, 5.74) is 4.26. The van der Waals surface area contributed by atoms with Crippen LogP contribution in [0.3, 0.4) is 0 Å². The molecule has 1 heterocycles. The highest BCUT2D eigenvalue weighted by Crippen LogP contribution is 2.36. The summed E-state index contributed by atoms with van der Waals surface area (Å²) in [4.78, 5) is 12.9. The number of hydrogen-bond donors (Lipinski definition) is 4. The quantitative estimate of drug-likeness (QED) is 0.353. The molecule has 0 amide bonds. The second kappa shape index (κ2) is 7.18. The first-order valence-electron chi connectivity index (χ1n) is 7.00. The molecule has 0 aromatic carbocycles. The van der Waals surface area contributed by atoms with E-state index in [9.17, 15) is 15.3 Å². The molecule has 0 saturated carbocycles. The number of aliphatic hydroxyl groups is 3. The fourth-order valence-corrected chi connectivity index (χ4v) is 2.54. The number of aliphatic imine (C=N–C) groups is 3. The van der Waals surface area contributed by atoms with E-state index in [4.69, 9.17) is 10.5 Å². The van der Waals surface area contributed by atoms with Crippen molar-refractivity contribution in [3.63, 3.8) is 0 Å². The van der Waals surface area contributed by atoms with Crippen molar-refractivity contribution in [2.24, 2.45) is 20.7 Å². The van der Waals surface area contributed by atoms with E-state index in [1.807, 2.05) is 0 Å². The molecule has 0 aromatic heterocycles. The maximum Gasteiger partial charge on any atom is 0.163 e. The van der Waals surface area contributed by atoms with Crippen LogP contribution in [-0.2, 0) is 4.74 Å². The lowest BCUT2D eigenvalue weighted by molar-refractivity contribution is -0.121. The minimum absolute atomic E-state index is 0.0829. The molecule has 1 rings (SSSR count). The first kappa shape index (κ1) is 19.2. The first-order valence-corrected chi connectivity index (χ1v) is 7.00. The minimum Gasteiger partial charge on any atom is -0.391 e. The molecule has 23 heavy (non-hydrogen) atoms. The van der Waals surface area contributed by atoms with E-state index in [0.29, 0.717) is 0 Å². The van der Waals surface area contributed by atoms with Crippen molar-refractivity contribution >= 4 is 19.3 Å². The summed E-state index contributed by atoms with van der Waals surface area (Å²) in [5.74, 6) is 0.256. The highest BCUT2D eigenvalue weighted by atomic mass is 16.6. The van der Waals surface area contributed by atoms with Crippen molar-refractivity contribution in [2.45, 2.75) is 44.0 Å². The zero-order chi connectivity index (χ0) is 17.9. The largest absolute Gasteiger partial charge is 0.391 e. The Bertz CT molecular complexity index is 529. The lowest BCUT2D eigenvalue weighted by atomic mass is 9.94. The predicted octanol–water partition coefficient (Wildman–Crippen LogP) is -1.31. The lowest BCUT2D eigenvalue weighted by Crippen LogP contribution is -2.52. The first-order chi connectivity index (χ1) is 10.6. The Morgan fingerprint density at radius 2 is 1.96 bits per heavy atom. The number of nitrogens with zero attached hydrogens (tertiary/aromatic N) is 4. The van der Waals surface area contributed by atoms with Gasteiger partial charge in [-0.1, -0.05) is 0 Å². The molecule has 9 heteroatoms. The third kappa shape index (κ3) is 3.42. The summed E-state index contributed by atoms with van der Waals surface area (Å²) < 4.78 is 5.61. The van der Waals surface area contributed by atoms with Gasteiger partial charge < -0.3 is 30.7 Å². The van der Waals surface area contributed by atoms with Gasteiger partial charge in [-0.15, -0.1) is 0 Å². The summed E-state index contributed by atoms with van der Waals surface area (Å²) in [5, 5.41) is 30.5. The smallest absolute Gasteiger partial charge is 0.163 e. The van der Waals surface area contributed by atoms with Gasteiger partial charge >= 0.3 is 0 Å². The lowest BCUT2D eigenvalue weighted by Gasteiger charge is -2.34. The topological polar surface area (TPSA) is 136 Å². The van der Waals surface area contributed by atoms with Gasteiger partial charge in [-0.25, -0.2) is 4.99 Å². The van der Waals surface area contributed by atoms with Crippen LogP contribution in [-0.4, -0.2) is 83.7 Å². The van der Waals surface area contributed by atoms with Crippen molar-refractivity contribution in [3.8, 4) is 0 Å². The Kier molecular flexibility index (Phi) is 6.00. The SMILES string of the molecule is C=NC(C(N)=NC)=C(N=C)N(C)C1OC(C(C)O)C(O)C1(C)O. The van der Waals surface area contributed by atoms with Gasteiger partial charge in [-0.3, -0.25) is 9.98 Å². The summed E-state index contributed by atoms with van der Waals surface area (Å²) in [6.07, 6.45) is -4.24. The van der Waals surface area contributed by atoms with Crippen molar-refractivity contribution < 1.29 is 20.1 Å². The highest BCUT2D eigenvalue weighted by molar-refractivity contribution is 5.97. The molecule has 1 fully saturated rings. The van der Waals surface area contributed by atoms with E-state index < -0.39 is 30.1 Å². The summed E-state index contributed by atoms with van der Waals surface area (Å²) in [6.45, 7) is 9.76. The second-order valence-electron chi connectivity index (χ2n) is 5.57. The van der Waals surface area contributed by atoms with Crippen LogP contribution in [0.15, 0.2) is 26.5 Å². The average molecular weight is 327 g/mol. The van der Waals surface area contributed by atoms with Gasteiger partial charge in [-0.2, -0.15) is 0 Å². The fourth-order valence-electron chi connectivity index (χ4n) is 2.54. The van der Waals surface area contributed by atoms with E-state index in [0.717, 1.165) is 0 Å². The van der Waals surface area contributed by atoms with E-state index in [1.165, 1.54) is 25.8 Å². The Hall–Kier alpha value is -1.81. The van der Waals surface area contributed by atoms with Crippen LogP contribution in [0.4, 0.5) is 0 Å². The van der Waals surface area contributed by atoms with Crippen LogP contribution < -0.4 is 5.73 Å². The fraction of sp³-hybridized carbons (Fsp3) is 0.643. The van der Waals surface area contributed by atoms with E-state index in [-0.39, 0.29) is 17.4 Å². The normalized spacial score (nSPS) is 33.9. The zero-order valence-corrected chi connectivity index (χ0v) is 13.8. The van der Waals surface area contributed by atoms with E-state index >= 15 is 0 Å². The van der Waals surface area contributed by atoms with Crippen LogP contribution in [0.2, 0.25) is 0 Å². The number of aliphatic hydroxyl groups excluding tert-OH is 2. The molecule has 1 saturated heterocycles. The monoisotopic (exact) mass is 327 g/mol. The van der Waals surface area contributed by atoms with Crippen LogP contribution in [0, 0.1) is 0 Å². The molecule has 0 aliphatic carbocycles. The van der Waals surface area contributed by atoms with Gasteiger partial charge in [0.25, 0.3) is 0 Å². The van der Waals surface area contributed by atoms with Gasteiger partial charge in [0.2, 0.25) is 0 Å². The molecule has 0 aromatic rings. The second-order valence-corrected chi connectivity index (χ2v) is 5.57. The molecule has 9 nitrogen and oxygen atoms in total. The molecule has 1 aliphatic heterocycles. The number of nitrogens with two attached hydrogens (primary N) is 1. The summed E-state index contributed by atoms with van der Waals surface area (Å²) in [6, 6.07) is 0. The van der Waals surface area contributed by atoms with Crippen molar-refractivity contribution in [2.75, 3.05) is 14.1 Å². The van der Waals surface area contributed by atoms with Crippen molar-refractivity contribution in [3.05, 3.63) is 11.5 Å². The average Bonchev–Trinajstić information content (AvgIpc) is 2.74. The van der Waals surface area contributed by atoms with Crippen molar-refractivity contribution in [1.82, 2.24) is 4.90 Å². The van der Waals surface area contributed by atoms with Crippen LogP contribution >= 0.6 is 0 Å². The maximum absolute atomic E-state index is 10.6. The minimum atomic E-state index is -1.67. The van der Waals surface area contributed by atoms with Gasteiger partial charge in [0.1, 0.15) is 29.3 Å². The number of ether oxygens (including phenoxy) is 1. The molecule has 0 bridgehead atoms. The Morgan fingerprint density at radius 1 is 1.39 bits per heavy atom. The predicted molar refractivity (Wildman–Crippen MR) is 88.4 cm³/mol. The van der Waals surface area contributed by atoms with Crippen molar-refractivity contribution in [1.29, 1.82) is 0 Å². The molecule has 130 valence electrons. The molecular formula is C14H25N5O4. The Labute approximate surface area is 135 Å². The van der Waals surface area contributed by atoms with Crippen LogP contribution in [0.25, 0.3) is 0 Å². The zero-order valence-electron chi connectivity index (χ0n) is 13.8. The van der Waals surface area contributed by atoms with Gasteiger partial charge in [0.15, 0.2) is 12.0 Å². The third-order valence-electron chi connectivity index (χ3n) is 3.86. The number of hydrogen-bond acceptors (Lipinski definition) is 8. The van der Waals surface area contributed by atoms with Crippen LogP contribution in [0.1, 0.15) is 13.8 Å². The van der Waals surface area contributed by atoms with Gasteiger partial charge in [0, 0.05) is 14.1 Å². The number of amidine groups is 1. The number of rotatable bonds is 6. The van der Waals surface area contributed by atoms with E-state index in [2.05, 4.69) is 28.4 Å². The highest BCUT2D eigenvalue weighted by Gasteiger charge is 2.55. The van der Waals surface area contributed by atoms with Gasteiger partial charge in [-0.05, 0) is 27.3 Å². The third-order valence-corrected chi connectivity index (χ3v) is 3.86. The molecule has 5 atom stereocenters. The van der Waals surface area contributed by atoms with Crippen LogP contribution in [0.5, 0.6) is 0 Å². The Morgan fingerprint density at radius 3 is 2.30 bits per heavy atom. The standard InChI is InChI=1S/C14H25N5O4/c1-7(20)9-10(21)14(2,22)13(23-9)19(6)12(18-5)8(16-3)11(15)17-4/h7,9-10,13,20-22H,3,5H2,1-2,4,6H3,(H2,15,17). The molecule has 0 radical (unpaired) electrons. The summed E-state index contributed by atoms with van der Waals surface area (Å²) in [7, 11) is 3.05. The molecular weight excluding hydrogens is 302 g/mol.